The summed E-state index contributed by atoms with van der Waals surface area (Å²) in [7, 11) is 0. The Bertz CT molecular complexity index is 1130. The molecule has 0 aromatic carbocycles. The number of nitrogen functional groups attached to an aromatic ring is 1. The number of carbonyl (C=O) groups is 1. The fourth-order valence-electron chi connectivity index (χ4n) is 4.62. The van der Waals surface area contributed by atoms with E-state index < -0.39 is 17.3 Å². The molecule has 4 N–H and O–H groups in total. The van der Waals surface area contributed by atoms with E-state index in [-0.39, 0.29) is 35.7 Å². The van der Waals surface area contributed by atoms with Crippen molar-refractivity contribution in [1.82, 2.24) is 19.5 Å². The topological polar surface area (TPSA) is 133 Å². The molecule has 2 saturated heterocycles. The average molecular weight is 494 g/mol. The van der Waals surface area contributed by atoms with E-state index in [1.807, 2.05) is 6.08 Å². The molecular formula is C23H32ClN5O5. The Kier molecular flexibility index (Phi) is 7.49. The van der Waals surface area contributed by atoms with Crippen molar-refractivity contribution in [3.05, 3.63) is 27.6 Å². The van der Waals surface area contributed by atoms with E-state index in [1.54, 1.807) is 4.57 Å². The highest BCUT2D eigenvalue weighted by Gasteiger charge is 2.31. The number of nitrogens with one attached hydrogen (secondary N) is 1. The second-order valence-corrected chi connectivity index (χ2v) is 9.26. The molecule has 0 radical (unpaired) electrons. The molecule has 1 aliphatic carbocycles. The lowest BCUT2D eigenvalue weighted by molar-refractivity contribution is 0.0611. The van der Waals surface area contributed by atoms with Crippen LogP contribution in [-0.2, 0) is 16.0 Å². The van der Waals surface area contributed by atoms with E-state index in [2.05, 4.69) is 16.5 Å². The molecule has 0 atom stereocenters. The first kappa shape index (κ1) is 24.6. The SMILES string of the molecule is Cl.Nc1nn2c(O)c(C(=O)NC3CC3)c(=O)n(CC3CCOCC3)c2c1C=CC1CCOCC1. The van der Waals surface area contributed by atoms with Gasteiger partial charge in [0.15, 0.2) is 17.0 Å². The van der Waals surface area contributed by atoms with Gasteiger partial charge >= 0.3 is 0 Å². The molecule has 3 fully saturated rings. The largest absolute Gasteiger partial charge is 0.492 e. The zero-order chi connectivity index (χ0) is 22.9. The van der Waals surface area contributed by atoms with E-state index in [0.717, 1.165) is 38.5 Å². The monoisotopic (exact) mass is 493 g/mol. The van der Waals surface area contributed by atoms with E-state index in [9.17, 15) is 14.7 Å². The Morgan fingerprint density at radius 1 is 1.12 bits per heavy atom. The Balaban J connectivity index is 0.00000274. The summed E-state index contributed by atoms with van der Waals surface area (Å²) in [5.74, 6) is -0.285. The number of amides is 1. The average Bonchev–Trinajstić information content (AvgIpc) is 3.57. The normalized spacial score (nSPS) is 20.0. The highest BCUT2D eigenvalue weighted by molar-refractivity contribution is 5.97. The van der Waals surface area contributed by atoms with Gasteiger partial charge in [-0.2, -0.15) is 4.52 Å². The Labute approximate surface area is 203 Å². The predicted octanol–water partition coefficient (Wildman–Crippen LogP) is 1.96. The lowest BCUT2D eigenvalue weighted by atomic mass is 9.99. The zero-order valence-corrected chi connectivity index (χ0v) is 19.9. The van der Waals surface area contributed by atoms with Gasteiger partial charge < -0.3 is 25.6 Å². The fraction of sp³-hybridized carbons (Fsp3) is 0.609. The second kappa shape index (κ2) is 10.4. The number of hydrogen-bond acceptors (Lipinski definition) is 7. The molecule has 2 aromatic rings. The maximum Gasteiger partial charge on any atom is 0.270 e. The van der Waals surface area contributed by atoms with Gasteiger partial charge in [-0.15, -0.1) is 17.5 Å². The Hall–Kier alpha value is -2.56. The van der Waals surface area contributed by atoms with Gasteiger partial charge in [-0.3, -0.25) is 14.2 Å². The number of rotatable bonds is 6. The maximum atomic E-state index is 13.6. The van der Waals surface area contributed by atoms with Crippen LogP contribution in [0.15, 0.2) is 10.9 Å². The number of aromatic nitrogens is 3. The first-order valence-electron chi connectivity index (χ1n) is 11.8. The van der Waals surface area contributed by atoms with Crippen LogP contribution in [0.1, 0.15) is 54.4 Å². The fourth-order valence-corrected chi connectivity index (χ4v) is 4.62. The summed E-state index contributed by atoms with van der Waals surface area (Å²) in [5, 5.41) is 18.0. The molecular weight excluding hydrogens is 462 g/mol. The molecule has 0 unspecified atom stereocenters. The second-order valence-electron chi connectivity index (χ2n) is 9.26. The summed E-state index contributed by atoms with van der Waals surface area (Å²) in [4.78, 5) is 26.4. The number of hydrogen-bond donors (Lipinski definition) is 3. The van der Waals surface area contributed by atoms with Gasteiger partial charge in [0, 0.05) is 39.0 Å². The smallest absolute Gasteiger partial charge is 0.270 e. The third-order valence-corrected chi connectivity index (χ3v) is 6.79. The van der Waals surface area contributed by atoms with Crippen molar-refractivity contribution in [2.45, 2.75) is 51.1 Å². The molecule has 4 heterocycles. The van der Waals surface area contributed by atoms with Crippen molar-refractivity contribution < 1.29 is 19.4 Å². The summed E-state index contributed by atoms with van der Waals surface area (Å²) in [6.45, 7) is 3.11. The van der Waals surface area contributed by atoms with Crippen LogP contribution in [0.3, 0.4) is 0 Å². The standard InChI is InChI=1S/C23H31N5O5.ClH/c24-19-17(4-1-14-5-9-32-10-6-14)21-27(13-15-7-11-33-12-8-15)22(30)18(23(31)28(21)26-19)20(29)25-16-2-3-16;/h1,4,14-16,31H,2-3,5-13H2,(H2,24,26)(H,25,29);1H. The molecule has 34 heavy (non-hydrogen) atoms. The first-order chi connectivity index (χ1) is 16.0. The van der Waals surface area contributed by atoms with Gasteiger partial charge in [0.25, 0.3) is 11.5 Å². The number of anilines is 1. The molecule has 1 amide bonds. The predicted molar refractivity (Wildman–Crippen MR) is 129 cm³/mol. The van der Waals surface area contributed by atoms with E-state index in [0.29, 0.717) is 50.1 Å². The van der Waals surface area contributed by atoms with Crippen LogP contribution >= 0.6 is 12.4 Å². The third-order valence-electron chi connectivity index (χ3n) is 6.79. The van der Waals surface area contributed by atoms with Crippen LogP contribution in [0.5, 0.6) is 5.88 Å². The number of halogens is 1. The number of aromatic hydroxyl groups is 1. The molecule has 10 nitrogen and oxygen atoms in total. The number of carbonyl (C=O) groups excluding carboxylic acids is 1. The number of nitrogens with zero attached hydrogens (tertiary/aromatic N) is 3. The minimum absolute atomic E-state index is 0. The molecule has 11 heteroatoms. The summed E-state index contributed by atoms with van der Waals surface area (Å²) in [5.41, 5.74) is 6.43. The van der Waals surface area contributed by atoms with Crippen LogP contribution < -0.4 is 16.6 Å². The molecule has 5 rings (SSSR count). The molecule has 2 aliphatic heterocycles. The van der Waals surface area contributed by atoms with Crippen molar-refractivity contribution >= 4 is 35.9 Å². The molecule has 2 aromatic heterocycles. The van der Waals surface area contributed by atoms with Crippen molar-refractivity contribution in [2.75, 3.05) is 32.2 Å². The number of fused-ring (bicyclic) bond motifs is 1. The number of nitrogens with two attached hydrogens (primary N) is 1. The van der Waals surface area contributed by atoms with Crippen LogP contribution in [0.2, 0.25) is 0 Å². The number of ether oxygens (including phenoxy) is 2. The van der Waals surface area contributed by atoms with Crippen molar-refractivity contribution in [2.24, 2.45) is 11.8 Å². The number of allylic oxidation sites excluding steroid dienone is 1. The minimum atomic E-state index is -0.573. The van der Waals surface area contributed by atoms with E-state index in [4.69, 9.17) is 15.2 Å². The van der Waals surface area contributed by atoms with Gasteiger partial charge in [0.2, 0.25) is 5.88 Å². The lowest BCUT2D eigenvalue weighted by Gasteiger charge is -2.24. The van der Waals surface area contributed by atoms with Gasteiger partial charge in [-0.25, -0.2) is 0 Å². The highest BCUT2D eigenvalue weighted by Crippen LogP contribution is 2.28. The van der Waals surface area contributed by atoms with Crippen molar-refractivity contribution in [3.8, 4) is 5.88 Å². The summed E-state index contributed by atoms with van der Waals surface area (Å²) in [6.07, 6.45) is 9.19. The van der Waals surface area contributed by atoms with Gasteiger partial charge in [-0.1, -0.05) is 12.2 Å². The molecule has 1 saturated carbocycles. The first-order valence-corrected chi connectivity index (χ1v) is 11.8. The molecule has 0 spiro atoms. The molecule has 3 aliphatic rings. The van der Waals surface area contributed by atoms with Crippen molar-refractivity contribution in [3.63, 3.8) is 0 Å². The summed E-state index contributed by atoms with van der Waals surface area (Å²) < 4.78 is 13.7. The third kappa shape index (κ3) is 4.94. The Morgan fingerprint density at radius 2 is 1.76 bits per heavy atom. The van der Waals surface area contributed by atoms with E-state index >= 15 is 0 Å². The van der Waals surface area contributed by atoms with Crippen LogP contribution in [-0.4, -0.2) is 57.7 Å². The molecule has 186 valence electrons. The van der Waals surface area contributed by atoms with E-state index in [1.165, 1.54) is 4.52 Å². The quantitative estimate of drug-likeness (QED) is 0.560. The van der Waals surface area contributed by atoms with Crippen molar-refractivity contribution in [1.29, 1.82) is 0 Å². The van der Waals surface area contributed by atoms with Crippen LogP contribution in [0.25, 0.3) is 11.7 Å². The summed E-state index contributed by atoms with van der Waals surface area (Å²) in [6, 6.07) is 0.0524. The van der Waals surface area contributed by atoms with Gasteiger partial charge in [0.1, 0.15) is 0 Å². The Morgan fingerprint density at radius 3 is 2.41 bits per heavy atom. The van der Waals surface area contributed by atoms with Crippen LogP contribution in [0, 0.1) is 11.8 Å². The van der Waals surface area contributed by atoms with Gasteiger partial charge in [-0.05, 0) is 50.4 Å². The zero-order valence-electron chi connectivity index (χ0n) is 19.1. The minimum Gasteiger partial charge on any atom is -0.492 e. The molecule has 0 bridgehead atoms. The van der Waals surface area contributed by atoms with Gasteiger partial charge in [0.05, 0.1) is 5.56 Å². The maximum absolute atomic E-state index is 13.6. The summed E-state index contributed by atoms with van der Waals surface area (Å²) >= 11 is 0. The highest BCUT2D eigenvalue weighted by atomic mass is 35.5. The van der Waals surface area contributed by atoms with Crippen LogP contribution in [0.4, 0.5) is 5.82 Å². The lowest BCUT2D eigenvalue weighted by Crippen LogP contribution is -2.37.